The summed E-state index contributed by atoms with van der Waals surface area (Å²) < 4.78 is 34.8. The number of anilines is 1. The molecule has 150 valence electrons. The third-order valence-corrected chi connectivity index (χ3v) is 3.91. The van der Waals surface area contributed by atoms with Crippen LogP contribution in [0.4, 0.5) is 14.6 Å². The van der Waals surface area contributed by atoms with Gasteiger partial charge in [-0.15, -0.1) is 0 Å². The molecule has 1 aliphatic heterocycles. The van der Waals surface area contributed by atoms with Gasteiger partial charge in [0.2, 0.25) is 5.82 Å². The van der Waals surface area contributed by atoms with Gasteiger partial charge >= 0.3 is 0 Å². The number of nitrogens with zero attached hydrogens (tertiary/aromatic N) is 1. The Kier molecular flexibility index (Phi) is 7.39. The lowest BCUT2D eigenvalue weighted by Gasteiger charge is -2.11. The Morgan fingerprint density at radius 1 is 1.21 bits per heavy atom. The zero-order valence-corrected chi connectivity index (χ0v) is 15.4. The largest absolute Gasteiger partial charge is 0.494 e. The lowest BCUT2D eigenvalue weighted by molar-refractivity contribution is -0.126. The molecule has 1 aromatic carbocycles. The van der Waals surface area contributed by atoms with Crippen LogP contribution in [0.25, 0.3) is 0 Å². The van der Waals surface area contributed by atoms with E-state index in [1.54, 1.807) is 12.1 Å². The molecule has 7 nitrogen and oxygen atoms in total. The van der Waals surface area contributed by atoms with Gasteiger partial charge in [0, 0.05) is 0 Å². The van der Waals surface area contributed by atoms with Gasteiger partial charge in [0.1, 0.15) is 17.6 Å². The first-order valence-corrected chi connectivity index (χ1v) is 8.53. The minimum atomic E-state index is -0.940. The Hall–Kier alpha value is -3.07. The molecular formula is C19H21F2N3O4. The maximum atomic E-state index is 12.5. The molecule has 0 saturated carbocycles. The third-order valence-electron chi connectivity index (χ3n) is 3.91. The van der Waals surface area contributed by atoms with Gasteiger partial charge in [-0.25, -0.2) is 9.37 Å². The van der Waals surface area contributed by atoms with Gasteiger partial charge in [0.05, 0.1) is 13.2 Å². The van der Waals surface area contributed by atoms with E-state index in [1.165, 1.54) is 25.3 Å². The molecule has 2 amide bonds. The van der Waals surface area contributed by atoms with Crippen molar-refractivity contribution in [3.05, 3.63) is 53.7 Å². The Balaban J connectivity index is 0.000000237. The highest BCUT2D eigenvalue weighted by Gasteiger charge is 2.28. The number of nitrogens with two attached hydrogens (primary N) is 1. The maximum Gasteiger partial charge on any atom is 0.267 e. The Morgan fingerprint density at radius 3 is 2.50 bits per heavy atom. The number of primary amides is 1. The number of amides is 2. The summed E-state index contributed by atoms with van der Waals surface area (Å²) >= 11 is 0. The van der Waals surface area contributed by atoms with Crippen molar-refractivity contribution in [1.82, 2.24) is 4.98 Å². The number of nitrogens with one attached hydrogen (secondary N) is 1. The van der Waals surface area contributed by atoms with Crippen molar-refractivity contribution in [2.24, 2.45) is 5.73 Å². The average Bonchev–Trinajstić information content (AvgIpc) is 3.11. The molecule has 0 radical (unpaired) electrons. The summed E-state index contributed by atoms with van der Waals surface area (Å²) in [4.78, 5) is 26.8. The normalized spacial score (nSPS) is 18.0. The number of aromatic nitrogens is 1. The number of rotatable bonds is 4. The maximum absolute atomic E-state index is 12.5. The van der Waals surface area contributed by atoms with Crippen LogP contribution in [0.5, 0.6) is 5.75 Å². The van der Waals surface area contributed by atoms with Gasteiger partial charge in [0.25, 0.3) is 11.8 Å². The fraction of sp³-hybridized carbons (Fsp3) is 0.316. The van der Waals surface area contributed by atoms with Gasteiger partial charge in [-0.1, -0.05) is 12.1 Å². The molecule has 1 aromatic heterocycles. The molecule has 1 fully saturated rings. The second-order valence-corrected chi connectivity index (χ2v) is 6.03. The fourth-order valence-corrected chi connectivity index (χ4v) is 2.49. The highest BCUT2D eigenvalue weighted by Crippen LogP contribution is 2.20. The average molecular weight is 393 g/mol. The molecule has 2 aromatic rings. The molecule has 2 unspecified atom stereocenters. The number of pyridine rings is 1. The van der Waals surface area contributed by atoms with Gasteiger partial charge in [-0.3, -0.25) is 9.59 Å². The lowest BCUT2D eigenvalue weighted by Crippen LogP contribution is -2.28. The molecular weight excluding hydrogens is 372 g/mol. The van der Waals surface area contributed by atoms with E-state index in [0.29, 0.717) is 12.2 Å². The number of ether oxygens (including phenoxy) is 2. The SMILES string of the molecule is CC1CCC(C(=O)Nc2cccc(C(N)=O)n2)O1.COc1cccc(F)c1F. The van der Waals surface area contributed by atoms with E-state index in [-0.39, 0.29) is 23.5 Å². The first kappa shape index (κ1) is 21.2. The van der Waals surface area contributed by atoms with Crippen molar-refractivity contribution < 1.29 is 27.8 Å². The molecule has 9 heteroatoms. The van der Waals surface area contributed by atoms with E-state index in [2.05, 4.69) is 15.0 Å². The highest BCUT2D eigenvalue weighted by atomic mass is 19.2. The molecule has 1 aliphatic rings. The predicted molar refractivity (Wildman–Crippen MR) is 97.9 cm³/mol. The Morgan fingerprint density at radius 2 is 1.93 bits per heavy atom. The smallest absolute Gasteiger partial charge is 0.267 e. The number of carbonyl (C=O) groups is 2. The topological polar surface area (TPSA) is 104 Å². The number of halogens is 2. The predicted octanol–water partition coefficient (Wildman–Crippen LogP) is 2.66. The zero-order valence-electron chi connectivity index (χ0n) is 15.4. The lowest BCUT2D eigenvalue weighted by atomic mass is 10.2. The van der Waals surface area contributed by atoms with Crippen LogP contribution in [0.15, 0.2) is 36.4 Å². The van der Waals surface area contributed by atoms with Crippen LogP contribution in [0, 0.1) is 11.6 Å². The summed E-state index contributed by atoms with van der Waals surface area (Å²) in [6.45, 7) is 1.93. The number of hydrogen-bond acceptors (Lipinski definition) is 5. The van der Waals surface area contributed by atoms with Crippen LogP contribution in [-0.2, 0) is 9.53 Å². The molecule has 2 atom stereocenters. The molecule has 3 N–H and O–H groups in total. The molecule has 0 aliphatic carbocycles. The third kappa shape index (κ3) is 5.71. The van der Waals surface area contributed by atoms with E-state index >= 15 is 0 Å². The van der Waals surface area contributed by atoms with Crippen molar-refractivity contribution >= 4 is 17.6 Å². The summed E-state index contributed by atoms with van der Waals surface area (Å²) in [5.74, 6) is -2.46. The summed E-state index contributed by atoms with van der Waals surface area (Å²) in [6.07, 6.45) is 1.22. The second-order valence-electron chi connectivity index (χ2n) is 6.03. The van der Waals surface area contributed by atoms with E-state index in [0.717, 1.165) is 12.5 Å². The zero-order chi connectivity index (χ0) is 20.7. The van der Waals surface area contributed by atoms with Gasteiger partial charge < -0.3 is 20.5 Å². The van der Waals surface area contributed by atoms with Gasteiger partial charge in [-0.05, 0) is 44.0 Å². The van der Waals surface area contributed by atoms with Gasteiger partial charge in [0.15, 0.2) is 11.6 Å². The molecule has 3 rings (SSSR count). The first-order chi connectivity index (χ1) is 13.3. The van der Waals surface area contributed by atoms with E-state index in [9.17, 15) is 18.4 Å². The van der Waals surface area contributed by atoms with Crippen molar-refractivity contribution in [2.75, 3.05) is 12.4 Å². The van der Waals surface area contributed by atoms with Crippen molar-refractivity contribution in [1.29, 1.82) is 0 Å². The summed E-state index contributed by atoms with van der Waals surface area (Å²) in [6, 6.07) is 8.49. The van der Waals surface area contributed by atoms with Crippen molar-refractivity contribution in [3.63, 3.8) is 0 Å². The molecule has 0 spiro atoms. The fourth-order valence-electron chi connectivity index (χ4n) is 2.49. The number of benzene rings is 1. The molecule has 0 bridgehead atoms. The summed E-state index contributed by atoms with van der Waals surface area (Å²) in [7, 11) is 1.29. The number of carbonyl (C=O) groups excluding carboxylic acids is 2. The highest BCUT2D eigenvalue weighted by molar-refractivity contribution is 5.95. The number of hydrogen-bond donors (Lipinski definition) is 2. The first-order valence-electron chi connectivity index (χ1n) is 8.53. The van der Waals surface area contributed by atoms with E-state index < -0.39 is 23.6 Å². The van der Waals surface area contributed by atoms with Crippen molar-refractivity contribution in [2.45, 2.75) is 32.0 Å². The second kappa shape index (κ2) is 9.75. The monoisotopic (exact) mass is 393 g/mol. The van der Waals surface area contributed by atoms with Crippen LogP contribution in [0.2, 0.25) is 0 Å². The number of methoxy groups -OCH3 is 1. The van der Waals surface area contributed by atoms with E-state index in [1.807, 2.05) is 6.92 Å². The summed E-state index contributed by atoms with van der Waals surface area (Å²) in [5.41, 5.74) is 5.23. The van der Waals surface area contributed by atoms with Crippen LogP contribution >= 0.6 is 0 Å². The minimum absolute atomic E-state index is 0.0694. The Labute approximate surface area is 160 Å². The standard InChI is InChI=1S/C12H15N3O3.C7H6F2O/c1-7-5-6-9(18-7)12(17)15-10-4-2-3-8(14-10)11(13)16;1-10-6-4-2-3-5(8)7(6)9/h2-4,7,9H,5-6H2,1H3,(H2,13,16)(H,14,15,17);2-4H,1H3. The quantitative estimate of drug-likeness (QED) is 0.831. The molecule has 2 heterocycles. The minimum Gasteiger partial charge on any atom is -0.494 e. The Bertz CT molecular complexity index is 848. The van der Waals surface area contributed by atoms with Crippen molar-refractivity contribution in [3.8, 4) is 5.75 Å². The van der Waals surface area contributed by atoms with Crippen LogP contribution in [-0.4, -0.2) is 36.1 Å². The van der Waals surface area contributed by atoms with Gasteiger partial charge in [-0.2, -0.15) is 4.39 Å². The molecule has 28 heavy (non-hydrogen) atoms. The van der Waals surface area contributed by atoms with Crippen LogP contribution < -0.4 is 15.8 Å². The van der Waals surface area contributed by atoms with Crippen LogP contribution in [0.3, 0.4) is 0 Å². The molecule has 1 saturated heterocycles. The summed E-state index contributed by atoms with van der Waals surface area (Å²) in [5, 5.41) is 2.62. The van der Waals surface area contributed by atoms with E-state index in [4.69, 9.17) is 10.5 Å². The van der Waals surface area contributed by atoms with Crippen LogP contribution in [0.1, 0.15) is 30.3 Å².